The summed E-state index contributed by atoms with van der Waals surface area (Å²) in [6.07, 6.45) is 0. The van der Waals surface area contributed by atoms with Crippen molar-refractivity contribution in [3.05, 3.63) is 0 Å². The van der Waals surface area contributed by atoms with E-state index < -0.39 is 0 Å². The molecular weight excluding hydrogens is 128 g/mol. The molecule has 0 N–H and O–H groups in total. The summed E-state index contributed by atoms with van der Waals surface area (Å²) in [6, 6.07) is 0. The topological polar surface area (TPSA) is 43.4 Å². The van der Waals surface area contributed by atoms with Crippen LogP contribution < -0.4 is 0 Å². The number of carbonyl (C=O) groups excluding carboxylic acids is 1. The Bertz CT molecular complexity index is 123. The van der Waals surface area contributed by atoms with E-state index in [1.54, 1.807) is 0 Å². The van der Waals surface area contributed by atoms with Gasteiger partial charge >= 0.3 is 5.97 Å². The fourth-order valence-electron chi connectivity index (χ4n) is 0.179. The molecule has 0 spiro atoms. The monoisotopic (exact) mass is 134 g/mol. The minimum absolute atomic E-state index is 0.101. The lowest BCUT2D eigenvalue weighted by Gasteiger charge is -1.90. The third kappa shape index (κ3) is 5.36. The maximum Gasteiger partial charge on any atom is 0.302 e. The Kier molecular flexibility index (Phi) is 4.16. The molecule has 0 unspecified atom stereocenters. The van der Waals surface area contributed by atoms with E-state index >= 15 is 0 Å². The van der Waals surface area contributed by atoms with Crippen LogP contribution in [-0.4, -0.2) is 22.2 Å². The van der Waals surface area contributed by atoms with Gasteiger partial charge in [-0.05, 0) is 0 Å². The first-order valence-corrected chi connectivity index (χ1v) is 2.81. The van der Waals surface area contributed by atoms with E-state index in [4.69, 9.17) is 0 Å². The second kappa shape index (κ2) is 4.52. The van der Waals surface area contributed by atoms with Crippen LogP contribution in [0.25, 0.3) is 0 Å². The van der Waals surface area contributed by atoms with Crippen LogP contribution in [0.5, 0.6) is 0 Å². The van der Waals surface area contributed by atoms with Crippen molar-refractivity contribution in [2.45, 2.75) is 6.92 Å². The molecule has 0 heterocycles. The van der Waals surface area contributed by atoms with Crippen LogP contribution in [0, 0.1) is 0 Å². The molecule has 0 rings (SSSR count). The molecule has 0 aliphatic carbocycles. The van der Waals surface area contributed by atoms with Crippen LogP contribution in [0.2, 0.25) is 0 Å². The van der Waals surface area contributed by atoms with Gasteiger partial charge in [0, 0.05) is 12.3 Å². The van der Waals surface area contributed by atoms with Crippen LogP contribution in [0.15, 0.2) is 0 Å². The predicted molar refractivity (Wildman–Crippen MR) is 30.8 cm³/mol. The molecule has 0 aromatic heterocycles. The molecule has 8 heavy (non-hydrogen) atoms. The average molecular weight is 134 g/mol. The molecular formula is C4H6O3S. The SMILES string of the molecule is CC(=O)OCC=S=O. The van der Waals surface area contributed by atoms with Crippen molar-refractivity contribution in [2.24, 2.45) is 0 Å². The number of esters is 1. The van der Waals surface area contributed by atoms with Crippen molar-refractivity contribution in [3.63, 3.8) is 0 Å². The first-order chi connectivity index (χ1) is 3.77. The molecule has 46 valence electrons. The lowest BCUT2D eigenvalue weighted by atomic mass is 10.8. The molecule has 0 aromatic rings. The second-order valence-electron chi connectivity index (χ2n) is 1.07. The van der Waals surface area contributed by atoms with E-state index in [0.717, 1.165) is 0 Å². The highest BCUT2D eigenvalue weighted by molar-refractivity contribution is 7.64. The summed E-state index contributed by atoms with van der Waals surface area (Å²) in [6.45, 7) is 1.40. The Hall–Kier alpha value is -0.640. The largest absolute Gasteiger partial charge is 0.461 e. The zero-order chi connectivity index (χ0) is 6.41. The fraction of sp³-hybridized carbons (Fsp3) is 0.500. The molecule has 0 amide bonds. The zero-order valence-electron chi connectivity index (χ0n) is 4.42. The van der Waals surface area contributed by atoms with E-state index in [9.17, 15) is 9.00 Å². The molecule has 0 saturated heterocycles. The van der Waals surface area contributed by atoms with E-state index in [0.29, 0.717) is 11.3 Å². The molecule has 0 bridgehead atoms. The quantitative estimate of drug-likeness (QED) is 0.380. The first-order valence-electron chi connectivity index (χ1n) is 2.01. The van der Waals surface area contributed by atoms with Gasteiger partial charge in [0.05, 0.1) is 11.3 Å². The lowest BCUT2D eigenvalue weighted by Crippen LogP contribution is -2.00. The van der Waals surface area contributed by atoms with Gasteiger partial charge in [0.2, 0.25) is 0 Å². The van der Waals surface area contributed by atoms with Gasteiger partial charge in [-0.25, -0.2) is 4.21 Å². The second-order valence-corrected chi connectivity index (χ2v) is 1.59. The van der Waals surface area contributed by atoms with Crippen LogP contribution in [0.4, 0.5) is 0 Å². The first kappa shape index (κ1) is 7.36. The summed E-state index contributed by atoms with van der Waals surface area (Å²) in [5.74, 6) is -0.365. The maximum absolute atomic E-state index is 9.97. The van der Waals surface area contributed by atoms with Crippen LogP contribution in [0.1, 0.15) is 6.92 Å². The van der Waals surface area contributed by atoms with E-state index in [2.05, 4.69) is 4.74 Å². The number of carbonyl (C=O) groups is 1. The molecule has 0 aromatic carbocycles. The van der Waals surface area contributed by atoms with E-state index in [1.165, 1.54) is 12.3 Å². The average Bonchev–Trinajstić information content (AvgIpc) is 1.66. The minimum Gasteiger partial charge on any atom is -0.461 e. The van der Waals surface area contributed by atoms with Crippen LogP contribution in [0.3, 0.4) is 0 Å². The van der Waals surface area contributed by atoms with Gasteiger partial charge in [0.15, 0.2) is 0 Å². The Morgan fingerprint density at radius 1 is 1.88 bits per heavy atom. The van der Waals surface area contributed by atoms with Gasteiger partial charge < -0.3 is 4.74 Å². The normalized spacial score (nSPS) is 7.62. The summed E-state index contributed by atoms with van der Waals surface area (Å²) < 4.78 is 13.9. The molecule has 0 radical (unpaired) electrons. The molecule has 0 aliphatic rings. The Morgan fingerprint density at radius 2 is 2.50 bits per heavy atom. The third-order valence-corrected chi connectivity index (χ3v) is 0.695. The highest BCUT2D eigenvalue weighted by Gasteiger charge is 1.85. The third-order valence-electron chi connectivity index (χ3n) is 0.423. The summed E-state index contributed by atoms with van der Waals surface area (Å²) >= 11 is 0.291. The van der Waals surface area contributed by atoms with Crippen molar-refractivity contribution >= 4 is 22.6 Å². The van der Waals surface area contributed by atoms with Gasteiger partial charge in [0.25, 0.3) is 0 Å². The fourth-order valence-corrected chi connectivity index (χ4v) is 0.303. The number of hydrogen-bond donors (Lipinski definition) is 0. The Balaban J connectivity index is 3.18. The lowest BCUT2D eigenvalue weighted by molar-refractivity contribution is -0.139. The van der Waals surface area contributed by atoms with Crippen molar-refractivity contribution in [2.75, 3.05) is 6.61 Å². The Labute approximate surface area is 50.7 Å². The summed E-state index contributed by atoms with van der Waals surface area (Å²) in [5, 5.41) is 1.27. The Morgan fingerprint density at radius 3 is 2.88 bits per heavy atom. The van der Waals surface area contributed by atoms with Gasteiger partial charge in [-0.1, -0.05) is 0 Å². The van der Waals surface area contributed by atoms with Crippen molar-refractivity contribution in [1.29, 1.82) is 0 Å². The summed E-state index contributed by atoms with van der Waals surface area (Å²) in [7, 11) is 0. The van der Waals surface area contributed by atoms with E-state index in [-0.39, 0.29) is 12.6 Å². The molecule has 0 atom stereocenters. The maximum atomic E-state index is 9.97. The molecule has 0 saturated carbocycles. The molecule has 4 heteroatoms. The summed E-state index contributed by atoms with van der Waals surface area (Å²) in [5.41, 5.74) is 0. The predicted octanol–water partition coefficient (Wildman–Crippen LogP) is -0.435. The molecule has 3 nitrogen and oxygen atoms in total. The highest BCUT2D eigenvalue weighted by Crippen LogP contribution is 1.69. The summed E-state index contributed by atoms with van der Waals surface area (Å²) in [4.78, 5) is 9.97. The molecule has 0 fully saturated rings. The number of hydrogen-bond acceptors (Lipinski definition) is 3. The van der Waals surface area contributed by atoms with Gasteiger partial charge in [-0.2, -0.15) is 0 Å². The van der Waals surface area contributed by atoms with Gasteiger partial charge in [-0.3, -0.25) is 4.79 Å². The standard InChI is InChI=1S/C4H6O3S/c1-4(5)7-2-3-8-6/h3H,2H2,1H3. The number of rotatable bonds is 2. The highest BCUT2D eigenvalue weighted by atomic mass is 32.1. The van der Waals surface area contributed by atoms with Crippen molar-refractivity contribution in [3.8, 4) is 0 Å². The van der Waals surface area contributed by atoms with Gasteiger partial charge in [0.1, 0.15) is 6.61 Å². The van der Waals surface area contributed by atoms with Crippen molar-refractivity contribution < 1.29 is 13.7 Å². The number of ether oxygens (including phenoxy) is 1. The van der Waals surface area contributed by atoms with E-state index in [1.807, 2.05) is 0 Å². The van der Waals surface area contributed by atoms with Crippen LogP contribution >= 0.6 is 0 Å². The smallest absolute Gasteiger partial charge is 0.302 e. The molecule has 0 aliphatic heterocycles. The van der Waals surface area contributed by atoms with Crippen LogP contribution in [-0.2, 0) is 20.8 Å². The zero-order valence-corrected chi connectivity index (χ0v) is 5.23. The van der Waals surface area contributed by atoms with Crippen molar-refractivity contribution in [1.82, 2.24) is 0 Å². The minimum atomic E-state index is -0.365. The van der Waals surface area contributed by atoms with Gasteiger partial charge in [-0.15, -0.1) is 0 Å².